The third-order valence-electron chi connectivity index (χ3n) is 5.93. The number of hydrogen-bond acceptors (Lipinski definition) is 7. The van der Waals surface area contributed by atoms with Gasteiger partial charge in [0.15, 0.2) is 0 Å². The van der Waals surface area contributed by atoms with E-state index in [-0.39, 0.29) is 46.9 Å². The summed E-state index contributed by atoms with van der Waals surface area (Å²) in [6.45, 7) is 4.00. The molecule has 5 N–H and O–H groups in total. The molecule has 0 radical (unpaired) electrons. The highest BCUT2D eigenvalue weighted by molar-refractivity contribution is 6.03. The summed E-state index contributed by atoms with van der Waals surface area (Å²) < 4.78 is 34.7. The van der Waals surface area contributed by atoms with Gasteiger partial charge in [0.1, 0.15) is 23.0 Å². The maximum absolute atomic E-state index is 14.4. The van der Waals surface area contributed by atoms with E-state index in [1.165, 1.54) is 24.4 Å². The van der Waals surface area contributed by atoms with Gasteiger partial charge < -0.3 is 21.5 Å². The van der Waals surface area contributed by atoms with Crippen LogP contribution in [0.4, 0.5) is 20.3 Å². The number of halogens is 2. The summed E-state index contributed by atoms with van der Waals surface area (Å²) in [6, 6.07) is 6.54. The van der Waals surface area contributed by atoms with E-state index in [9.17, 15) is 13.6 Å². The molecule has 4 atom stereocenters. The number of ether oxygens (including phenoxy) is 1. The maximum atomic E-state index is 14.4. The van der Waals surface area contributed by atoms with E-state index in [1.54, 1.807) is 12.3 Å². The van der Waals surface area contributed by atoms with Gasteiger partial charge in [-0.25, -0.2) is 14.4 Å². The summed E-state index contributed by atoms with van der Waals surface area (Å²) in [7, 11) is 0. The first kappa shape index (κ1) is 22.7. The van der Waals surface area contributed by atoms with Gasteiger partial charge >= 0.3 is 0 Å². The smallest absolute Gasteiger partial charge is 0.274 e. The van der Waals surface area contributed by atoms with Crippen LogP contribution in [0.2, 0.25) is 0 Å². The largest absolute Gasteiger partial charge is 0.384 e. The lowest BCUT2D eigenvalue weighted by Crippen LogP contribution is -2.43. The first-order chi connectivity index (χ1) is 15.7. The Bertz CT molecular complexity index is 1180. The first-order valence-electron chi connectivity index (χ1n) is 10.5. The van der Waals surface area contributed by atoms with Crippen LogP contribution in [-0.4, -0.2) is 33.0 Å². The number of nitrogen functional groups attached to an aromatic ring is 1. The Kier molecular flexibility index (Phi) is 6.30. The van der Waals surface area contributed by atoms with Gasteiger partial charge in [-0.3, -0.25) is 9.78 Å². The van der Waals surface area contributed by atoms with Crippen LogP contribution in [0, 0.1) is 17.7 Å². The molecule has 1 amide bonds. The molecule has 4 heterocycles. The molecule has 1 aliphatic heterocycles. The average molecular weight is 454 g/mol. The quantitative estimate of drug-likeness (QED) is 0.515. The minimum Gasteiger partial charge on any atom is -0.384 e. The van der Waals surface area contributed by atoms with Gasteiger partial charge in [-0.2, -0.15) is 4.39 Å². The number of nitrogens with zero attached hydrogens (tertiary/aromatic N) is 3. The summed E-state index contributed by atoms with van der Waals surface area (Å²) in [5.74, 6) is -2.25. The molecule has 1 saturated heterocycles. The third kappa shape index (κ3) is 4.67. The van der Waals surface area contributed by atoms with E-state index in [1.807, 2.05) is 13.8 Å². The minimum atomic E-state index is -0.984. The zero-order valence-corrected chi connectivity index (χ0v) is 18.1. The maximum Gasteiger partial charge on any atom is 0.274 e. The fourth-order valence-corrected chi connectivity index (χ4v) is 3.81. The number of nitrogens with two attached hydrogens (primary N) is 2. The van der Waals surface area contributed by atoms with Crippen LogP contribution in [0.3, 0.4) is 0 Å². The molecule has 0 aliphatic carbocycles. The van der Waals surface area contributed by atoms with Crippen LogP contribution in [-0.2, 0) is 4.74 Å². The first-order valence-corrected chi connectivity index (χ1v) is 10.5. The standard InChI is InChI=1S/C23H24F2N6O2/c1-11-12(2)33-19(9-16(11)26)13-7-8-28-10-18(13)30-23(32)17-5-4-15(24)21(29-17)14-3-6-20(27)31-22(14)25/h3-8,10-12,16,19H,9,26H2,1-2H3,(H2,27,31)(H,30,32)/t11?,12-,16-,19-/m1/s1. The van der Waals surface area contributed by atoms with Gasteiger partial charge in [0.2, 0.25) is 5.95 Å². The van der Waals surface area contributed by atoms with Crippen molar-refractivity contribution in [2.45, 2.75) is 38.5 Å². The lowest BCUT2D eigenvalue weighted by molar-refractivity contribution is -0.0790. The van der Waals surface area contributed by atoms with Crippen molar-refractivity contribution in [1.82, 2.24) is 15.0 Å². The highest BCUT2D eigenvalue weighted by atomic mass is 19.1. The van der Waals surface area contributed by atoms with E-state index >= 15 is 0 Å². The predicted octanol–water partition coefficient (Wildman–Crippen LogP) is 3.46. The molecule has 0 bridgehead atoms. The van der Waals surface area contributed by atoms with Crippen molar-refractivity contribution in [2.75, 3.05) is 11.1 Å². The number of pyridine rings is 3. The molecule has 3 aromatic rings. The number of anilines is 2. The fourth-order valence-electron chi connectivity index (χ4n) is 3.81. The van der Waals surface area contributed by atoms with E-state index in [0.717, 1.165) is 11.6 Å². The van der Waals surface area contributed by atoms with Gasteiger partial charge in [-0.05, 0) is 49.6 Å². The highest BCUT2D eigenvalue weighted by Crippen LogP contribution is 2.36. The Balaban J connectivity index is 1.61. The zero-order chi connectivity index (χ0) is 23.7. The molecule has 0 spiro atoms. The Morgan fingerprint density at radius 2 is 1.94 bits per heavy atom. The number of carbonyl (C=O) groups excluding carboxylic acids is 1. The summed E-state index contributed by atoms with van der Waals surface area (Å²) in [4.78, 5) is 24.5. The molecule has 1 aliphatic rings. The number of nitrogens with one attached hydrogen (secondary N) is 1. The lowest BCUT2D eigenvalue weighted by Gasteiger charge is -2.38. The molecule has 10 heteroatoms. The van der Waals surface area contributed by atoms with Gasteiger partial charge in [-0.1, -0.05) is 6.92 Å². The molecule has 0 aromatic carbocycles. The van der Waals surface area contributed by atoms with E-state index in [4.69, 9.17) is 16.2 Å². The summed E-state index contributed by atoms with van der Waals surface area (Å²) >= 11 is 0. The van der Waals surface area contributed by atoms with Crippen molar-refractivity contribution in [1.29, 1.82) is 0 Å². The molecule has 1 unspecified atom stereocenters. The van der Waals surface area contributed by atoms with Crippen LogP contribution >= 0.6 is 0 Å². The molecule has 8 nitrogen and oxygen atoms in total. The van der Waals surface area contributed by atoms with Gasteiger partial charge in [-0.15, -0.1) is 0 Å². The second-order valence-electron chi connectivity index (χ2n) is 8.11. The monoisotopic (exact) mass is 454 g/mol. The summed E-state index contributed by atoms with van der Waals surface area (Å²) in [6.07, 6.45) is 3.31. The zero-order valence-electron chi connectivity index (χ0n) is 18.1. The second kappa shape index (κ2) is 9.16. The highest BCUT2D eigenvalue weighted by Gasteiger charge is 2.33. The molecule has 172 valence electrons. The lowest BCUT2D eigenvalue weighted by atomic mass is 9.87. The Morgan fingerprint density at radius 1 is 1.15 bits per heavy atom. The summed E-state index contributed by atoms with van der Waals surface area (Å²) in [5.41, 5.74) is 12.2. The molecular formula is C23H24F2N6O2. The fraction of sp³-hybridized carbons (Fsp3) is 0.304. The van der Waals surface area contributed by atoms with Crippen LogP contribution in [0.25, 0.3) is 11.3 Å². The van der Waals surface area contributed by atoms with E-state index in [2.05, 4.69) is 20.3 Å². The Labute approximate surface area is 189 Å². The number of aromatic nitrogens is 3. The SMILES string of the molecule is CC1[C@H](N)C[C@H](c2ccncc2NC(=O)c2ccc(F)c(-c3ccc(N)nc3F)n2)O[C@@H]1C. The average Bonchev–Trinajstić information content (AvgIpc) is 2.78. The number of carbonyl (C=O) groups is 1. The third-order valence-corrected chi connectivity index (χ3v) is 5.93. The minimum absolute atomic E-state index is 0.0528. The Hall–Kier alpha value is -3.50. The van der Waals surface area contributed by atoms with Gasteiger partial charge in [0.25, 0.3) is 5.91 Å². The predicted molar refractivity (Wildman–Crippen MR) is 119 cm³/mol. The molecule has 0 saturated carbocycles. The van der Waals surface area contributed by atoms with Crippen molar-refractivity contribution >= 4 is 17.4 Å². The second-order valence-corrected chi connectivity index (χ2v) is 8.11. The molecule has 33 heavy (non-hydrogen) atoms. The van der Waals surface area contributed by atoms with Crippen LogP contribution in [0.15, 0.2) is 42.7 Å². The van der Waals surface area contributed by atoms with Crippen molar-refractivity contribution in [3.8, 4) is 11.3 Å². The summed E-state index contributed by atoms with van der Waals surface area (Å²) in [5, 5.41) is 2.75. The Morgan fingerprint density at radius 3 is 2.67 bits per heavy atom. The van der Waals surface area contributed by atoms with E-state index < -0.39 is 17.7 Å². The van der Waals surface area contributed by atoms with Crippen molar-refractivity contribution < 1.29 is 18.3 Å². The van der Waals surface area contributed by atoms with Crippen molar-refractivity contribution in [3.05, 3.63) is 65.7 Å². The number of rotatable bonds is 4. The van der Waals surface area contributed by atoms with Crippen molar-refractivity contribution in [2.24, 2.45) is 11.7 Å². The molecular weight excluding hydrogens is 430 g/mol. The topological polar surface area (TPSA) is 129 Å². The van der Waals surface area contributed by atoms with Crippen LogP contribution < -0.4 is 16.8 Å². The molecule has 4 rings (SSSR count). The van der Waals surface area contributed by atoms with E-state index in [0.29, 0.717) is 12.1 Å². The van der Waals surface area contributed by atoms with Gasteiger partial charge in [0, 0.05) is 17.8 Å². The van der Waals surface area contributed by atoms with Crippen molar-refractivity contribution in [3.63, 3.8) is 0 Å². The normalized spacial score (nSPS) is 22.7. The van der Waals surface area contributed by atoms with Crippen LogP contribution in [0.1, 0.15) is 42.4 Å². The van der Waals surface area contributed by atoms with Crippen LogP contribution in [0.5, 0.6) is 0 Å². The van der Waals surface area contributed by atoms with Gasteiger partial charge in [0.05, 0.1) is 29.7 Å². The molecule has 1 fully saturated rings. The number of amides is 1. The molecule has 3 aromatic heterocycles. The number of hydrogen-bond donors (Lipinski definition) is 3.